The molecule has 2 amide bonds. The summed E-state index contributed by atoms with van der Waals surface area (Å²) in [5.41, 5.74) is 2.30. The van der Waals surface area contributed by atoms with Crippen LogP contribution in [-0.2, 0) is 11.2 Å². The van der Waals surface area contributed by atoms with Crippen LogP contribution in [0.3, 0.4) is 0 Å². The minimum atomic E-state index is -0.276. The largest absolute Gasteiger partial charge is 0.342 e. The first kappa shape index (κ1) is 22.6. The van der Waals surface area contributed by atoms with Crippen molar-refractivity contribution in [1.82, 2.24) is 14.9 Å². The summed E-state index contributed by atoms with van der Waals surface area (Å²) in [4.78, 5) is 36.2. The van der Waals surface area contributed by atoms with Crippen molar-refractivity contribution in [3.05, 3.63) is 89.3 Å². The summed E-state index contributed by atoms with van der Waals surface area (Å²) in [7, 11) is 0. The molecule has 1 aliphatic heterocycles. The topological polar surface area (TPSA) is 75.2 Å². The molecule has 2 heterocycles. The van der Waals surface area contributed by atoms with Gasteiger partial charge in [0.15, 0.2) is 0 Å². The van der Waals surface area contributed by atoms with Crippen LogP contribution in [0.25, 0.3) is 0 Å². The molecule has 3 aromatic rings. The average Bonchev–Trinajstić information content (AvgIpc) is 2.84. The van der Waals surface area contributed by atoms with Crippen molar-refractivity contribution in [1.29, 1.82) is 0 Å². The molecule has 1 N–H and O–H groups in total. The highest BCUT2D eigenvalue weighted by molar-refractivity contribution is 6.04. The summed E-state index contributed by atoms with van der Waals surface area (Å²) in [6, 6.07) is 15.8. The summed E-state index contributed by atoms with van der Waals surface area (Å²) in [5, 5.41) is 2.85. The van der Waals surface area contributed by atoms with E-state index in [2.05, 4.69) is 15.3 Å². The molecular weight excluding hydrogens is 419 g/mol. The Morgan fingerprint density at radius 2 is 1.88 bits per heavy atom. The maximum absolute atomic E-state index is 13.8. The second kappa shape index (κ2) is 10.3. The van der Waals surface area contributed by atoms with Crippen LogP contribution in [0.2, 0.25) is 0 Å². The molecule has 1 atom stereocenters. The van der Waals surface area contributed by atoms with Gasteiger partial charge in [-0.05, 0) is 49.9 Å². The number of hydrogen-bond acceptors (Lipinski definition) is 4. The Morgan fingerprint density at radius 1 is 1.12 bits per heavy atom. The highest BCUT2D eigenvalue weighted by Gasteiger charge is 2.27. The molecule has 170 valence electrons. The van der Waals surface area contributed by atoms with Crippen molar-refractivity contribution in [2.24, 2.45) is 0 Å². The summed E-state index contributed by atoms with van der Waals surface area (Å²) < 4.78 is 13.8. The zero-order valence-electron chi connectivity index (χ0n) is 18.6. The lowest BCUT2D eigenvalue weighted by Gasteiger charge is -2.32. The molecule has 0 saturated carbocycles. The first-order valence-corrected chi connectivity index (χ1v) is 11.2. The van der Waals surface area contributed by atoms with Crippen molar-refractivity contribution in [3.8, 4) is 0 Å². The van der Waals surface area contributed by atoms with E-state index in [0.29, 0.717) is 47.8 Å². The minimum absolute atomic E-state index is 0.0125. The van der Waals surface area contributed by atoms with Gasteiger partial charge in [0.25, 0.3) is 5.91 Å². The third-order valence-electron chi connectivity index (χ3n) is 5.98. The Morgan fingerprint density at radius 3 is 2.64 bits per heavy atom. The first-order chi connectivity index (χ1) is 16.0. The minimum Gasteiger partial charge on any atom is -0.342 e. The molecule has 0 unspecified atom stereocenters. The lowest BCUT2D eigenvalue weighted by Crippen LogP contribution is -2.39. The number of halogens is 1. The molecule has 1 aliphatic rings. The average molecular weight is 447 g/mol. The van der Waals surface area contributed by atoms with Gasteiger partial charge < -0.3 is 10.2 Å². The van der Waals surface area contributed by atoms with Gasteiger partial charge in [0, 0.05) is 37.3 Å². The van der Waals surface area contributed by atoms with Crippen LogP contribution >= 0.6 is 0 Å². The standard InChI is InChI=1S/C26H27FN4O2/c1-18-22(26(33)30-21-10-3-2-4-11-21)16-28-25(29-18)20-9-7-15-31(17-20)24(32)14-13-19-8-5-6-12-23(19)27/h2-6,8,10-12,16,20H,7,9,13-15,17H2,1H3,(H,30,33)/t20-/m0/s1. The van der Waals surface area contributed by atoms with E-state index in [1.807, 2.05) is 35.2 Å². The number of benzene rings is 2. The number of carbonyl (C=O) groups is 2. The number of nitrogens with zero attached hydrogens (tertiary/aromatic N) is 3. The molecule has 33 heavy (non-hydrogen) atoms. The van der Waals surface area contributed by atoms with Gasteiger partial charge in [-0.2, -0.15) is 0 Å². The fourth-order valence-corrected chi connectivity index (χ4v) is 4.14. The third-order valence-corrected chi connectivity index (χ3v) is 5.98. The van der Waals surface area contributed by atoms with Crippen LogP contribution in [0.15, 0.2) is 60.8 Å². The smallest absolute Gasteiger partial charge is 0.259 e. The lowest BCUT2D eigenvalue weighted by atomic mass is 9.96. The van der Waals surface area contributed by atoms with Gasteiger partial charge in [-0.15, -0.1) is 0 Å². The van der Waals surface area contributed by atoms with Gasteiger partial charge in [0.05, 0.1) is 11.3 Å². The van der Waals surface area contributed by atoms with E-state index in [1.165, 1.54) is 6.07 Å². The molecule has 7 heteroatoms. The van der Waals surface area contributed by atoms with Gasteiger partial charge in [-0.25, -0.2) is 14.4 Å². The van der Waals surface area contributed by atoms with Gasteiger partial charge >= 0.3 is 0 Å². The van der Waals surface area contributed by atoms with Crippen LogP contribution in [0.1, 0.15) is 52.6 Å². The highest BCUT2D eigenvalue weighted by atomic mass is 19.1. The Kier molecular flexibility index (Phi) is 7.07. The van der Waals surface area contributed by atoms with E-state index in [0.717, 1.165) is 12.8 Å². The zero-order chi connectivity index (χ0) is 23.2. The van der Waals surface area contributed by atoms with E-state index < -0.39 is 0 Å². The Hall–Kier alpha value is -3.61. The maximum atomic E-state index is 13.8. The molecule has 0 spiro atoms. The first-order valence-electron chi connectivity index (χ1n) is 11.2. The predicted molar refractivity (Wildman–Crippen MR) is 124 cm³/mol. The second-order valence-corrected chi connectivity index (χ2v) is 8.32. The quantitative estimate of drug-likeness (QED) is 0.604. The number of nitrogens with one attached hydrogen (secondary N) is 1. The number of amides is 2. The van der Waals surface area contributed by atoms with E-state index in [-0.39, 0.29) is 30.0 Å². The molecule has 1 aromatic heterocycles. The maximum Gasteiger partial charge on any atom is 0.259 e. The number of aromatic nitrogens is 2. The van der Waals surface area contributed by atoms with Crippen LogP contribution in [0.4, 0.5) is 10.1 Å². The third kappa shape index (κ3) is 5.61. The summed E-state index contributed by atoms with van der Waals surface area (Å²) in [6.07, 6.45) is 3.95. The SMILES string of the molecule is Cc1nc([C@H]2CCCN(C(=O)CCc3ccccc3F)C2)ncc1C(=O)Nc1ccccc1. The number of likely N-dealkylation sites (tertiary alicyclic amines) is 1. The molecular formula is C26H27FN4O2. The Labute approximate surface area is 192 Å². The normalized spacial score (nSPS) is 15.8. The highest BCUT2D eigenvalue weighted by Crippen LogP contribution is 2.26. The van der Waals surface area contributed by atoms with Crippen LogP contribution in [0.5, 0.6) is 0 Å². The van der Waals surface area contributed by atoms with E-state index in [9.17, 15) is 14.0 Å². The summed E-state index contributed by atoms with van der Waals surface area (Å²) in [5.74, 6) is 0.149. The number of aryl methyl sites for hydroxylation is 2. The number of anilines is 1. The molecule has 2 aromatic carbocycles. The summed E-state index contributed by atoms with van der Waals surface area (Å²) in [6.45, 7) is 3.01. The molecule has 1 saturated heterocycles. The van der Waals surface area contributed by atoms with E-state index >= 15 is 0 Å². The van der Waals surface area contributed by atoms with Crippen molar-refractivity contribution in [2.75, 3.05) is 18.4 Å². The van der Waals surface area contributed by atoms with Gasteiger partial charge in [0.2, 0.25) is 5.91 Å². The number of piperidine rings is 1. The van der Waals surface area contributed by atoms with Gasteiger partial charge in [-0.1, -0.05) is 36.4 Å². The summed E-state index contributed by atoms with van der Waals surface area (Å²) >= 11 is 0. The zero-order valence-corrected chi connectivity index (χ0v) is 18.6. The molecule has 4 rings (SSSR count). The molecule has 0 bridgehead atoms. The van der Waals surface area contributed by atoms with Crippen LogP contribution in [-0.4, -0.2) is 39.8 Å². The molecule has 6 nitrogen and oxygen atoms in total. The molecule has 0 aliphatic carbocycles. The fraction of sp³-hybridized carbons (Fsp3) is 0.308. The Balaban J connectivity index is 1.38. The van der Waals surface area contributed by atoms with Gasteiger partial charge in [0.1, 0.15) is 11.6 Å². The van der Waals surface area contributed by atoms with Crippen LogP contribution in [0, 0.1) is 12.7 Å². The number of hydrogen-bond donors (Lipinski definition) is 1. The van der Waals surface area contributed by atoms with Crippen molar-refractivity contribution < 1.29 is 14.0 Å². The lowest BCUT2D eigenvalue weighted by molar-refractivity contribution is -0.132. The van der Waals surface area contributed by atoms with Crippen molar-refractivity contribution in [2.45, 2.75) is 38.5 Å². The number of para-hydroxylation sites is 1. The Bertz CT molecular complexity index is 1140. The van der Waals surface area contributed by atoms with E-state index in [1.54, 1.807) is 31.3 Å². The van der Waals surface area contributed by atoms with Crippen molar-refractivity contribution in [3.63, 3.8) is 0 Å². The van der Waals surface area contributed by atoms with Crippen molar-refractivity contribution >= 4 is 17.5 Å². The predicted octanol–water partition coefficient (Wildman–Crippen LogP) is 4.52. The fourth-order valence-electron chi connectivity index (χ4n) is 4.14. The second-order valence-electron chi connectivity index (χ2n) is 8.32. The van der Waals surface area contributed by atoms with E-state index in [4.69, 9.17) is 0 Å². The monoisotopic (exact) mass is 446 g/mol. The van der Waals surface area contributed by atoms with Crippen LogP contribution < -0.4 is 5.32 Å². The number of carbonyl (C=O) groups excluding carboxylic acids is 2. The molecule has 0 radical (unpaired) electrons. The van der Waals surface area contributed by atoms with Gasteiger partial charge in [-0.3, -0.25) is 9.59 Å². The molecule has 1 fully saturated rings. The number of rotatable bonds is 6.